The second-order valence-electron chi connectivity index (χ2n) is 6.09. The second kappa shape index (κ2) is 7.26. The van der Waals surface area contributed by atoms with Crippen molar-refractivity contribution in [3.8, 4) is 0 Å². The smallest absolute Gasteiger partial charge is 0.323 e. The van der Waals surface area contributed by atoms with Gasteiger partial charge in [-0.25, -0.2) is 0 Å². The van der Waals surface area contributed by atoms with Crippen molar-refractivity contribution < 1.29 is 19.4 Å². The number of carboxylic acid groups (broad SMARTS) is 1. The van der Waals surface area contributed by atoms with Crippen molar-refractivity contribution in [2.75, 3.05) is 0 Å². The molecular weight excluding hydrogens is 337 g/mol. The molecule has 0 saturated heterocycles. The summed E-state index contributed by atoms with van der Waals surface area (Å²) in [6, 6.07) is 16.3. The fourth-order valence-corrected chi connectivity index (χ4v) is 4.29. The standard InChI is InChI=1S/C19H20NO4P/c21-18(22)19(25(23)24,15-8-2-1-3-9-15)12-6-7-14-13-20-17-11-5-4-10-16(14)17/h1-5,8-11,13,20,25H,6-7,12H2,(H,21,22)(H,23,24). The van der Waals surface area contributed by atoms with Crippen LogP contribution in [0.1, 0.15) is 24.0 Å². The Morgan fingerprint density at radius 1 is 1.08 bits per heavy atom. The van der Waals surface area contributed by atoms with E-state index in [-0.39, 0.29) is 6.42 Å². The first kappa shape index (κ1) is 17.5. The molecule has 2 atom stereocenters. The van der Waals surface area contributed by atoms with Gasteiger partial charge in [0.1, 0.15) is 0 Å². The molecule has 5 nitrogen and oxygen atoms in total. The highest BCUT2D eigenvalue weighted by Gasteiger charge is 2.45. The second-order valence-corrected chi connectivity index (χ2v) is 7.56. The maximum atomic E-state index is 12.1. The Balaban J connectivity index is 1.84. The zero-order valence-corrected chi connectivity index (χ0v) is 14.6. The van der Waals surface area contributed by atoms with Gasteiger partial charge >= 0.3 is 5.97 Å². The van der Waals surface area contributed by atoms with Crippen LogP contribution in [0.2, 0.25) is 0 Å². The average molecular weight is 357 g/mol. The minimum absolute atomic E-state index is 0.111. The van der Waals surface area contributed by atoms with E-state index in [0.29, 0.717) is 18.4 Å². The first-order chi connectivity index (χ1) is 12.1. The van der Waals surface area contributed by atoms with Crippen molar-refractivity contribution >= 4 is 24.9 Å². The molecule has 1 aromatic heterocycles. The first-order valence-electron chi connectivity index (χ1n) is 8.13. The Bertz CT molecular complexity index is 890. The molecule has 3 N–H and O–H groups in total. The minimum atomic E-state index is -3.32. The van der Waals surface area contributed by atoms with Gasteiger partial charge in [0.2, 0.25) is 8.03 Å². The molecule has 0 amide bonds. The molecule has 0 fully saturated rings. The van der Waals surface area contributed by atoms with Crippen LogP contribution in [0.3, 0.4) is 0 Å². The lowest BCUT2D eigenvalue weighted by atomic mass is 9.91. The predicted molar refractivity (Wildman–Crippen MR) is 98.2 cm³/mol. The van der Waals surface area contributed by atoms with Gasteiger partial charge in [0.05, 0.1) is 0 Å². The molecule has 0 saturated carbocycles. The highest BCUT2D eigenvalue weighted by atomic mass is 31.1. The molecule has 2 unspecified atom stereocenters. The Hall–Kier alpha value is -2.36. The van der Waals surface area contributed by atoms with E-state index in [1.807, 2.05) is 30.5 Å². The van der Waals surface area contributed by atoms with E-state index in [2.05, 4.69) is 4.98 Å². The van der Waals surface area contributed by atoms with Crippen molar-refractivity contribution in [1.82, 2.24) is 4.98 Å². The Kier molecular flexibility index (Phi) is 5.07. The van der Waals surface area contributed by atoms with E-state index in [9.17, 15) is 19.4 Å². The molecule has 0 spiro atoms. The van der Waals surface area contributed by atoms with Crippen LogP contribution in [-0.4, -0.2) is 21.0 Å². The van der Waals surface area contributed by atoms with Crippen molar-refractivity contribution in [3.05, 3.63) is 71.9 Å². The molecular formula is C19H20NO4P. The Morgan fingerprint density at radius 3 is 2.44 bits per heavy atom. The minimum Gasteiger partial charge on any atom is -0.480 e. The number of aromatic amines is 1. The maximum absolute atomic E-state index is 12.1. The van der Waals surface area contributed by atoms with Gasteiger partial charge in [-0.2, -0.15) is 0 Å². The molecule has 3 aromatic rings. The number of carbonyl (C=O) groups is 1. The maximum Gasteiger partial charge on any atom is 0.323 e. The van der Waals surface area contributed by atoms with Crippen molar-refractivity contribution in [2.45, 2.75) is 24.4 Å². The molecule has 0 aliphatic rings. The number of hydrogen-bond acceptors (Lipinski definition) is 2. The molecule has 0 bridgehead atoms. The quantitative estimate of drug-likeness (QED) is 0.559. The summed E-state index contributed by atoms with van der Waals surface area (Å²) in [6.45, 7) is 0. The van der Waals surface area contributed by atoms with Gasteiger partial charge in [-0.05, 0) is 36.5 Å². The largest absolute Gasteiger partial charge is 0.480 e. The van der Waals surface area contributed by atoms with Crippen LogP contribution in [-0.2, 0) is 20.9 Å². The highest BCUT2D eigenvalue weighted by molar-refractivity contribution is 7.41. The lowest BCUT2D eigenvalue weighted by molar-refractivity contribution is -0.140. The number of nitrogens with one attached hydrogen (secondary N) is 1. The number of para-hydroxylation sites is 1. The van der Waals surface area contributed by atoms with E-state index in [0.717, 1.165) is 16.5 Å². The number of rotatable bonds is 7. The zero-order chi connectivity index (χ0) is 17.9. The molecule has 130 valence electrons. The summed E-state index contributed by atoms with van der Waals surface area (Å²) in [5, 5.41) is 9.09. The van der Waals surface area contributed by atoms with Gasteiger partial charge in [-0.1, -0.05) is 48.5 Å². The lowest BCUT2D eigenvalue weighted by Gasteiger charge is -2.27. The number of hydrogen-bond donors (Lipinski definition) is 3. The van der Waals surface area contributed by atoms with Gasteiger partial charge in [-0.15, -0.1) is 0 Å². The fraction of sp³-hybridized carbons (Fsp3) is 0.211. The summed E-state index contributed by atoms with van der Waals surface area (Å²) in [6.07, 6.45) is 3.17. The summed E-state index contributed by atoms with van der Waals surface area (Å²) >= 11 is 0. The molecule has 1 heterocycles. The number of fused-ring (bicyclic) bond motifs is 1. The van der Waals surface area contributed by atoms with Gasteiger partial charge in [0.15, 0.2) is 5.16 Å². The van der Waals surface area contributed by atoms with Gasteiger partial charge in [-0.3, -0.25) is 9.36 Å². The van der Waals surface area contributed by atoms with Gasteiger partial charge in [0, 0.05) is 17.1 Å². The van der Waals surface area contributed by atoms with Crippen LogP contribution in [0.4, 0.5) is 0 Å². The summed E-state index contributed by atoms with van der Waals surface area (Å²) in [5.74, 6) is -1.25. The number of benzene rings is 2. The number of aromatic nitrogens is 1. The van der Waals surface area contributed by atoms with Crippen LogP contribution >= 0.6 is 8.03 Å². The van der Waals surface area contributed by atoms with Gasteiger partial charge in [0.25, 0.3) is 0 Å². The highest BCUT2D eigenvalue weighted by Crippen LogP contribution is 2.48. The molecule has 0 aliphatic carbocycles. The lowest BCUT2D eigenvalue weighted by Crippen LogP contribution is -2.32. The van der Waals surface area contributed by atoms with Crippen LogP contribution in [0, 0.1) is 0 Å². The van der Waals surface area contributed by atoms with E-state index in [4.69, 9.17) is 0 Å². The third-order valence-corrected chi connectivity index (χ3v) is 6.15. The third-order valence-electron chi connectivity index (χ3n) is 4.67. The average Bonchev–Trinajstić information content (AvgIpc) is 3.02. The predicted octanol–water partition coefficient (Wildman–Crippen LogP) is 3.94. The third kappa shape index (κ3) is 3.26. The summed E-state index contributed by atoms with van der Waals surface area (Å²) in [5.41, 5.74) is 2.49. The number of aryl methyl sites for hydroxylation is 1. The zero-order valence-electron chi connectivity index (χ0n) is 13.6. The summed E-state index contributed by atoms with van der Waals surface area (Å²) < 4.78 is 12.1. The molecule has 0 aliphatic heterocycles. The molecule has 2 aromatic carbocycles. The number of aliphatic carboxylic acids is 1. The van der Waals surface area contributed by atoms with E-state index in [1.54, 1.807) is 30.3 Å². The monoisotopic (exact) mass is 357 g/mol. The van der Waals surface area contributed by atoms with Crippen LogP contribution < -0.4 is 0 Å². The normalized spacial score (nSPS) is 14.9. The molecule has 3 rings (SSSR count). The van der Waals surface area contributed by atoms with Crippen LogP contribution in [0.5, 0.6) is 0 Å². The summed E-state index contributed by atoms with van der Waals surface area (Å²) in [7, 11) is -3.32. The Labute approximate surface area is 146 Å². The van der Waals surface area contributed by atoms with E-state index in [1.165, 1.54) is 0 Å². The van der Waals surface area contributed by atoms with Crippen LogP contribution in [0.15, 0.2) is 60.8 Å². The van der Waals surface area contributed by atoms with Gasteiger partial charge < -0.3 is 15.0 Å². The first-order valence-corrected chi connectivity index (χ1v) is 9.48. The fourth-order valence-electron chi connectivity index (χ4n) is 3.30. The molecule has 0 radical (unpaired) electrons. The van der Waals surface area contributed by atoms with Crippen molar-refractivity contribution in [1.29, 1.82) is 0 Å². The van der Waals surface area contributed by atoms with Crippen molar-refractivity contribution in [3.63, 3.8) is 0 Å². The number of H-pyrrole nitrogens is 1. The SMILES string of the molecule is O=C(O)C(CCCc1c[nH]c2ccccc12)(c1ccccc1)[PH](=O)O. The van der Waals surface area contributed by atoms with Crippen LogP contribution in [0.25, 0.3) is 10.9 Å². The molecule has 6 heteroatoms. The topological polar surface area (TPSA) is 90.4 Å². The summed E-state index contributed by atoms with van der Waals surface area (Å²) in [4.78, 5) is 25.0. The van der Waals surface area contributed by atoms with E-state index < -0.39 is 19.2 Å². The molecule has 25 heavy (non-hydrogen) atoms. The Morgan fingerprint density at radius 2 is 1.76 bits per heavy atom. The van der Waals surface area contributed by atoms with Crippen molar-refractivity contribution in [2.24, 2.45) is 0 Å². The number of carboxylic acids is 1. The van der Waals surface area contributed by atoms with E-state index >= 15 is 0 Å².